The summed E-state index contributed by atoms with van der Waals surface area (Å²) in [6, 6.07) is 8.50. The van der Waals surface area contributed by atoms with Crippen molar-refractivity contribution in [3.8, 4) is 17.3 Å². The van der Waals surface area contributed by atoms with E-state index in [1.807, 2.05) is 6.07 Å². The van der Waals surface area contributed by atoms with Gasteiger partial charge in [0.25, 0.3) is 5.91 Å². The van der Waals surface area contributed by atoms with Gasteiger partial charge >= 0.3 is 0 Å². The Balaban J connectivity index is 1.40. The van der Waals surface area contributed by atoms with E-state index in [4.69, 9.17) is 4.42 Å². The summed E-state index contributed by atoms with van der Waals surface area (Å²) >= 11 is 0.993. The molecule has 2 aliphatic rings. The van der Waals surface area contributed by atoms with Crippen LogP contribution in [-0.4, -0.2) is 48.5 Å². The second-order valence-electron chi connectivity index (χ2n) is 9.67. The third-order valence-corrected chi connectivity index (χ3v) is 9.34. The summed E-state index contributed by atoms with van der Waals surface area (Å²) in [5, 5.41) is 16.8. The predicted octanol–water partition coefficient (Wildman–Crippen LogP) is 3.81. The van der Waals surface area contributed by atoms with Crippen molar-refractivity contribution in [1.82, 2.24) is 15.6 Å². The predicted molar refractivity (Wildman–Crippen MR) is 130 cm³/mol. The number of nitrogens with one attached hydrogen (secondary N) is 2. The topological polar surface area (TPSA) is 142 Å². The van der Waals surface area contributed by atoms with Crippen LogP contribution in [0.5, 0.6) is 0 Å². The van der Waals surface area contributed by atoms with Gasteiger partial charge in [0.15, 0.2) is 5.76 Å². The number of amides is 2. The number of nitrogens with zero attached hydrogens (tertiary/aromatic N) is 2. The van der Waals surface area contributed by atoms with Gasteiger partial charge in [-0.25, -0.2) is 22.2 Å². The highest BCUT2D eigenvalue weighted by Gasteiger charge is 2.53. The van der Waals surface area contributed by atoms with E-state index in [1.54, 1.807) is 23.6 Å². The molecule has 2 amide bonds. The molecule has 2 aliphatic carbocycles. The van der Waals surface area contributed by atoms with E-state index in [0.717, 1.165) is 17.6 Å². The van der Waals surface area contributed by atoms with Crippen LogP contribution in [0.1, 0.15) is 49.1 Å². The molecule has 2 heterocycles. The zero-order valence-corrected chi connectivity index (χ0v) is 21.3. The number of furan rings is 1. The molecule has 0 aliphatic heterocycles. The van der Waals surface area contributed by atoms with Crippen LogP contribution >= 0.6 is 11.3 Å². The molecule has 194 valence electrons. The first-order valence-corrected chi connectivity index (χ1v) is 14.2. The van der Waals surface area contributed by atoms with Gasteiger partial charge in [-0.2, -0.15) is 5.26 Å². The number of hydrogen-bond donors (Lipinski definition) is 2. The molecule has 13 heteroatoms. The number of thiazole rings is 1. The molecule has 0 spiro atoms. The minimum absolute atomic E-state index is 0.0203. The van der Waals surface area contributed by atoms with Gasteiger partial charge in [-0.05, 0) is 37.8 Å². The number of nitriles is 1. The highest BCUT2D eigenvalue weighted by molar-refractivity contribution is 7.92. The number of carbonyl (C=O) groups excluding carboxylic acids is 2. The molecule has 5 rings (SSSR count). The Bertz CT molecular complexity index is 1560. The Hall–Kier alpha value is -3.37. The SMILES string of the molecule is CS(=O)(=O)c1nc(-c2ccc3cc(C(=O)NC4(C(=O)NC5(C#N)CC5)CCC(F)(F)CC4)oc3c2)cs1. The van der Waals surface area contributed by atoms with Crippen LogP contribution in [0.25, 0.3) is 22.2 Å². The summed E-state index contributed by atoms with van der Waals surface area (Å²) in [5.41, 5.74) is -1.28. The van der Waals surface area contributed by atoms with Gasteiger partial charge in [0.2, 0.25) is 26.0 Å². The molecule has 9 nitrogen and oxygen atoms in total. The summed E-state index contributed by atoms with van der Waals surface area (Å²) in [5.74, 6) is -4.45. The number of alkyl halides is 2. The second-order valence-corrected chi connectivity index (χ2v) is 12.7. The van der Waals surface area contributed by atoms with Crippen LogP contribution in [0, 0.1) is 11.3 Å². The number of halogens is 2. The molecule has 0 radical (unpaired) electrons. The first kappa shape index (κ1) is 25.3. The van der Waals surface area contributed by atoms with Gasteiger partial charge in [0, 0.05) is 35.4 Å². The smallest absolute Gasteiger partial charge is 0.287 e. The fourth-order valence-electron chi connectivity index (χ4n) is 4.32. The largest absolute Gasteiger partial charge is 0.451 e. The third-order valence-electron chi connectivity index (χ3n) is 6.78. The molecule has 37 heavy (non-hydrogen) atoms. The summed E-state index contributed by atoms with van der Waals surface area (Å²) < 4.78 is 57.0. The monoisotopic (exact) mass is 548 g/mol. The highest BCUT2D eigenvalue weighted by atomic mass is 32.2. The lowest BCUT2D eigenvalue weighted by molar-refractivity contribution is -0.133. The normalized spacial score (nSPS) is 19.6. The second kappa shape index (κ2) is 8.59. The van der Waals surface area contributed by atoms with Crippen LogP contribution in [-0.2, 0) is 14.6 Å². The van der Waals surface area contributed by atoms with Crippen LogP contribution in [0.15, 0.2) is 38.4 Å². The Kier molecular flexibility index (Phi) is 5.87. The fourth-order valence-corrected chi connectivity index (χ4v) is 5.98. The summed E-state index contributed by atoms with van der Waals surface area (Å²) in [7, 11) is -3.45. The fraction of sp³-hybridized carbons (Fsp3) is 0.417. The van der Waals surface area contributed by atoms with Gasteiger partial charge in [0.1, 0.15) is 16.7 Å². The van der Waals surface area contributed by atoms with Gasteiger partial charge in [-0.1, -0.05) is 12.1 Å². The Morgan fingerprint density at radius 2 is 1.81 bits per heavy atom. The van der Waals surface area contributed by atoms with E-state index in [1.165, 1.54) is 6.07 Å². The van der Waals surface area contributed by atoms with E-state index >= 15 is 0 Å². The quantitative estimate of drug-likeness (QED) is 0.477. The lowest BCUT2D eigenvalue weighted by atomic mass is 9.78. The van der Waals surface area contributed by atoms with Gasteiger partial charge in [0.05, 0.1) is 11.8 Å². The molecule has 0 unspecified atom stereocenters. The minimum Gasteiger partial charge on any atom is -0.451 e. The Morgan fingerprint density at radius 3 is 2.41 bits per heavy atom. The van der Waals surface area contributed by atoms with Crippen LogP contribution < -0.4 is 10.6 Å². The highest BCUT2D eigenvalue weighted by Crippen LogP contribution is 2.41. The van der Waals surface area contributed by atoms with Crippen molar-refractivity contribution < 1.29 is 31.2 Å². The maximum Gasteiger partial charge on any atom is 0.287 e. The van der Waals surface area contributed by atoms with Gasteiger partial charge < -0.3 is 15.1 Å². The molecule has 2 aromatic heterocycles. The average molecular weight is 549 g/mol. The van der Waals surface area contributed by atoms with Crippen molar-refractivity contribution in [2.75, 3.05) is 6.26 Å². The zero-order chi connectivity index (χ0) is 26.6. The lowest BCUT2D eigenvalue weighted by Crippen LogP contribution is -2.62. The molecule has 0 bridgehead atoms. The Morgan fingerprint density at radius 1 is 1.11 bits per heavy atom. The van der Waals surface area contributed by atoms with E-state index in [9.17, 15) is 32.0 Å². The first-order chi connectivity index (χ1) is 17.3. The van der Waals surface area contributed by atoms with Crippen molar-refractivity contribution in [3.63, 3.8) is 0 Å². The molecule has 2 N–H and O–H groups in total. The number of sulfone groups is 1. The summed E-state index contributed by atoms with van der Waals surface area (Å²) in [6.07, 6.45) is 0.283. The molecule has 1 aromatic carbocycles. The molecule has 0 atom stereocenters. The molecular formula is C24H22F2N4O5S2. The molecule has 2 saturated carbocycles. The molecular weight excluding hydrogens is 526 g/mol. The maximum absolute atomic E-state index is 13.9. The lowest BCUT2D eigenvalue weighted by Gasteiger charge is -2.39. The van der Waals surface area contributed by atoms with E-state index in [2.05, 4.69) is 15.6 Å². The summed E-state index contributed by atoms with van der Waals surface area (Å²) in [6.45, 7) is 0. The van der Waals surface area contributed by atoms with Crippen molar-refractivity contribution in [3.05, 3.63) is 35.4 Å². The number of carbonyl (C=O) groups is 2. The van der Waals surface area contributed by atoms with E-state index in [0.29, 0.717) is 35.1 Å². The maximum atomic E-state index is 13.9. The van der Waals surface area contributed by atoms with E-state index in [-0.39, 0.29) is 22.9 Å². The standard InChI is InChI=1S/C24H22F2N4O5S2/c1-37(33,34)21-28-16(12-36-21)14-2-3-15-11-18(35-17(15)10-14)19(31)29-23(6-8-24(25,26)9-7-23)20(32)30-22(13-27)4-5-22/h2-3,10-12H,4-9H2,1H3,(H,29,31)(H,30,32). The van der Waals surface area contributed by atoms with Crippen molar-refractivity contribution in [2.45, 2.75) is 59.9 Å². The van der Waals surface area contributed by atoms with Crippen molar-refractivity contribution in [2.24, 2.45) is 0 Å². The molecule has 0 saturated heterocycles. The van der Waals surface area contributed by atoms with Gasteiger partial charge in [-0.15, -0.1) is 11.3 Å². The molecule has 3 aromatic rings. The van der Waals surface area contributed by atoms with Crippen LogP contribution in [0.2, 0.25) is 0 Å². The molecule has 2 fully saturated rings. The number of fused-ring (bicyclic) bond motifs is 1. The minimum atomic E-state index is -3.45. The van der Waals surface area contributed by atoms with E-state index < -0.39 is 51.5 Å². The number of hydrogen-bond acceptors (Lipinski definition) is 8. The van der Waals surface area contributed by atoms with Crippen molar-refractivity contribution >= 4 is 44.0 Å². The number of aromatic nitrogens is 1. The number of benzene rings is 1. The number of rotatable bonds is 6. The Labute approximate surface area is 214 Å². The zero-order valence-electron chi connectivity index (χ0n) is 19.6. The van der Waals surface area contributed by atoms with Gasteiger partial charge in [-0.3, -0.25) is 9.59 Å². The van der Waals surface area contributed by atoms with Crippen LogP contribution in [0.4, 0.5) is 8.78 Å². The van der Waals surface area contributed by atoms with Crippen molar-refractivity contribution in [1.29, 1.82) is 5.26 Å². The third kappa shape index (κ3) is 4.95. The first-order valence-electron chi connectivity index (χ1n) is 11.5. The summed E-state index contributed by atoms with van der Waals surface area (Å²) in [4.78, 5) is 30.5. The van der Waals surface area contributed by atoms with Crippen LogP contribution in [0.3, 0.4) is 0 Å². The average Bonchev–Trinajstić information content (AvgIpc) is 3.23.